The molecule has 1 unspecified atom stereocenters. The van der Waals surface area contributed by atoms with Crippen LogP contribution < -0.4 is 0 Å². The fourth-order valence-corrected chi connectivity index (χ4v) is 2.68. The number of morpholine rings is 2. The standard InChI is InChI=1S/C14H21N3O8/c18-10(19)5-15(1-3-16-6-11(20)24-12(21)7-16)2-4-17-8-13(22)25-14(23)9-17/h11,20H,1-9H2,(H,18,19)/p+1. The second-order valence-corrected chi connectivity index (χ2v) is 5.93. The largest absolute Gasteiger partial charge is 0.506 e. The summed E-state index contributed by atoms with van der Waals surface area (Å²) in [5.74, 6) is -2.46. The summed E-state index contributed by atoms with van der Waals surface area (Å²) < 4.78 is 9.17. The van der Waals surface area contributed by atoms with Gasteiger partial charge >= 0.3 is 23.9 Å². The number of rotatable bonds is 8. The molecule has 3 N–H and O–H groups in total. The Bertz CT molecular complexity index is 524. The van der Waals surface area contributed by atoms with Gasteiger partial charge in [-0.05, 0) is 0 Å². The number of hydrogen-bond acceptors (Lipinski definition) is 9. The van der Waals surface area contributed by atoms with E-state index in [1.165, 1.54) is 0 Å². The van der Waals surface area contributed by atoms with Gasteiger partial charge < -0.3 is 19.7 Å². The van der Waals surface area contributed by atoms with Crippen molar-refractivity contribution in [3.63, 3.8) is 0 Å². The molecule has 11 heteroatoms. The van der Waals surface area contributed by atoms with Crippen molar-refractivity contribution in [1.29, 1.82) is 0 Å². The highest BCUT2D eigenvalue weighted by atomic mass is 16.6. The van der Waals surface area contributed by atoms with Gasteiger partial charge in [0.05, 0.1) is 19.6 Å². The van der Waals surface area contributed by atoms with Gasteiger partial charge in [-0.1, -0.05) is 0 Å². The van der Waals surface area contributed by atoms with Crippen molar-refractivity contribution in [3.8, 4) is 0 Å². The van der Waals surface area contributed by atoms with Crippen LogP contribution in [-0.2, 0) is 23.9 Å². The number of cyclic esters (lactones) is 3. The number of aliphatic hydroxyl groups is 1. The molecule has 0 bridgehead atoms. The molecule has 0 radical (unpaired) electrons. The molecule has 0 aromatic heterocycles. The molecule has 2 heterocycles. The Balaban J connectivity index is 1.81. The summed E-state index contributed by atoms with van der Waals surface area (Å²) in [6.07, 6.45) is -1.17. The molecule has 0 aromatic rings. The molecule has 2 fully saturated rings. The number of aliphatic carboxylic acids is 1. The Kier molecular flexibility index (Phi) is 6.82. The summed E-state index contributed by atoms with van der Waals surface area (Å²) in [5.41, 5.74) is 0. The van der Waals surface area contributed by atoms with Crippen LogP contribution in [0.2, 0.25) is 0 Å². The van der Waals surface area contributed by atoms with Crippen molar-refractivity contribution in [2.45, 2.75) is 6.29 Å². The maximum absolute atomic E-state index is 11.3. The van der Waals surface area contributed by atoms with E-state index < -0.39 is 24.2 Å². The van der Waals surface area contributed by atoms with Crippen LogP contribution in [-0.4, -0.2) is 119 Å². The Morgan fingerprint density at radius 2 is 1.80 bits per heavy atom. The molecule has 2 saturated heterocycles. The van der Waals surface area contributed by atoms with Crippen LogP contribution in [0.25, 0.3) is 0 Å². The molecule has 2 rings (SSSR count). The predicted octanol–water partition coefficient (Wildman–Crippen LogP) is -3.09. The van der Waals surface area contributed by atoms with E-state index in [0.717, 1.165) is 0 Å². The first-order valence-electron chi connectivity index (χ1n) is 7.83. The number of ether oxygens (including phenoxy) is 2. The number of hydrogen-bond donors (Lipinski definition) is 2. The summed E-state index contributed by atoms with van der Waals surface area (Å²) in [6.45, 7) is 1.61. The third-order valence-corrected chi connectivity index (χ3v) is 3.80. The van der Waals surface area contributed by atoms with Gasteiger partial charge in [-0.3, -0.25) is 24.3 Å². The molecule has 11 nitrogen and oxygen atoms in total. The average Bonchev–Trinajstić information content (AvgIpc) is 2.47. The maximum Gasteiger partial charge on any atom is 0.506 e. The number of carbonyl (C=O) groups is 3. The van der Waals surface area contributed by atoms with E-state index >= 15 is 0 Å². The maximum atomic E-state index is 11.3. The first-order valence-corrected chi connectivity index (χ1v) is 7.83. The summed E-state index contributed by atoms with van der Waals surface area (Å²) in [7, 11) is 0. The van der Waals surface area contributed by atoms with E-state index in [0.29, 0.717) is 26.2 Å². The lowest BCUT2D eigenvalue weighted by atomic mass is 10.3. The quantitative estimate of drug-likeness (QED) is 0.260. The SMILES string of the molecule is O=C(O)CN(CCN1CC(=O)OC(=[OH+])C1)CCN1CC(=O)OC(O)C1. The molecular formula is C14H22N3O8+. The van der Waals surface area contributed by atoms with Crippen molar-refractivity contribution in [3.05, 3.63) is 0 Å². The fraction of sp³-hybridized carbons (Fsp3) is 0.714. The van der Waals surface area contributed by atoms with E-state index in [-0.39, 0.29) is 38.7 Å². The second-order valence-electron chi connectivity index (χ2n) is 5.93. The number of carboxylic acid groups (broad SMARTS) is 1. The Morgan fingerprint density at radius 3 is 2.40 bits per heavy atom. The van der Waals surface area contributed by atoms with E-state index in [1.54, 1.807) is 14.7 Å². The molecule has 2 aliphatic heterocycles. The van der Waals surface area contributed by atoms with Crippen molar-refractivity contribution in [1.82, 2.24) is 14.7 Å². The van der Waals surface area contributed by atoms with Crippen LogP contribution >= 0.6 is 0 Å². The van der Waals surface area contributed by atoms with Gasteiger partial charge in [-0.25, -0.2) is 9.53 Å². The van der Waals surface area contributed by atoms with E-state index in [4.69, 9.17) is 5.11 Å². The minimum Gasteiger partial charge on any atom is -0.480 e. The molecule has 2 aliphatic rings. The third kappa shape index (κ3) is 6.74. The van der Waals surface area contributed by atoms with Crippen molar-refractivity contribution < 1.29 is 38.9 Å². The van der Waals surface area contributed by atoms with E-state index in [2.05, 4.69) is 9.47 Å². The lowest BCUT2D eigenvalue weighted by Crippen LogP contribution is -2.50. The predicted molar refractivity (Wildman–Crippen MR) is 82.1 cm³/mol. The Hall–Kier alpha value is -2.08. The number of esters is 3. The van der Waals surface area contributed by atoms with Gasteiger partial charge in [0.15, 0.2) is 6.54 Å². The average molecular weight is 360 g/mol. The van der Waals surface area contributed by atoms with Gasteiger partial charge in [-0.2, -0.15) is 0 Å². The van der Waals surface area contributed by atoms with E-state index in [1.807, 2.05) is 0 Å². The first kappa shape index (κ1) is 19.2. The number of carboxylic acids is 1. The highest BCUT2D eigenvalue weighted by Gasteiger charge is 2.32. The number of carbonyl (C=O) groups excluding carboxylic acids is 3. The van der Waals surface area contributed by atoms with E-state index in [9.17, 15) is 24.3 Å². The van der Waals surface area contributed by atoms with Gasteiger partial charge in [0.25, 0.3) is 0 Å². The molecule has 0 aromatic carbocycles. The molecular weight excluding hydrogens is 338 g/mol. The fourth-order valence-electron chi connectivity index (χ4n) is 2.68. The zero-order chi connectivity index (χ0) is 18.4. The highest BCUT2D eigenvalue weighted by Crippen LogP contribution is 2.05. The number of aliphatic hydroxyl groups excluding tert-OH is 1. The summed E-state index contributed by atoms with van der Waals surface area (Å²) in [5, 5.41) is 18.4. The van der Waals surface area contributed by atoms with Crippen LogP contribution in [0.4, 0.5) is 0 Å². The number of β-amino-alcohol motifs (C(OH)–C–C–N with tert-alkyl or cyclic N) is 1. The minimum absolute atomic E-state index is 0.0229. The van der Waals surface area contributed by atoms with Gasteiger partial charge in [0, 0.05) is 26.2 Å². The molecule has 1 atom stereocenters. The highest BCUT2D eigenvalue weighted by molar-refractivity contribution is 5.90. The lowest BCUT2D eigenvalue weighted by Gasteiger charge is -2.31. The smallest absolute Gasteiger partial charge is 0.480 e. The zero-order valence-electron chi connectivity index (χ0n) is 13.7. The van der Waals surface area contributed by atoms with Crippen LogP contribution in [0, 0.1) is 0 Å². The Labute approximate surface area is 143 Å². The van der Waals surface area contributed by atoms with Gasteiger partial charge in [0.2, 0.25) is 6.29 Å². The number of nitrogens with zero attached hydrogens (tertiary/aromatic N) is 3. The minimum atomic E-state index is -1.17. The van der Waals surface area contributed by atoms with Crippen molar-refractivity contribution in [2.24, 2.45) is 0 Å². The Morgan fingerprint density at radius 1 is 1.16 bits per heavy atom. The summed E-state index contributed by atoms with van der Waals surface area (Å²) in [6, 6.07) is 0. The summed E-state index contributed by atoms with van der Waals surface area (Å²) in [4.78, 5) is 47.9. The molecule has 25 heavy (non-hydrogen) atoms. The van der Waals surface area contributed by atoms with Gasteiger partial charge in [-0.15, -0.1) is 0 Å². The van der Waals surface area contributed by atoms with Crippen LogP contribution in [0.5, 0.6) is 0 Å². The molecule has 0 saturated carbocycles. The normalized spacial score (nSPS) is 22.8. The van der Waals surface area contributed by atoms with Crippen LogP contribution in [0.1, 0.15) is 0 Å². The first-order chi connectivity index (χ1) is 11.8. The van der Waals surface area contributed by atoms with Gasteiger partial charge in [0.1, 0.15) is 6.54 Å². The second kappa shape index (κ2) is 8.85. The van der Waals surface area contributed by atoms with Crippen molar-refractivity contribution >= 4 is 23.9 Å². The molecule has 0 spiro atoms. The molecule has 0 amide bonds. The summed E-state index contributed by atoms with van der Waals surface area (Å²) >= 11 is 0. The topological polar surface area (TPSA) is 141 Å². The van der Waals surface area contributed by atoms with Crippen molar-refractivity contribution in [2.75, 3.05) is 58.9 Å². The lowest BCUT2D eigenvalue weighted by molar-refractivity contribution is -0.184. The zero-order valence-corrected chi connectivity index (χ0v) is 13.7. The molecule has 0 aliphatic carbocycles. The van der Waals surface area contributed by atoms with Crippen LogP contribution in [0.3, 0.4) is 0 Å². The van der Waals surface area contributed by atoms with Crippen LogP contribution in [0.15, 0.2) is 0 Å². The monoisotopic (exact) mass is 360 g/mol. The molecule has 140 valence electrons. The third-order valence-electron chi connectivity index (χ3n) is 3.80.